The molecule has 0 N–H and O–H groups in total. The number of piperidine rings is 1. The van der Waals surface area contributed by atoms with Crippen LogP contribution >= 0.6 is 0 Å². The lowest BCUT2D eigenvalue weighted by Crippen LogP contribution is -2.36. The second-order valence-corrected chi connectivity index (χ2v) is 4.79. The summed E-state index contributed by atoms with van der Waals surface area (Å²) in [5.41, 5.74) is 0.513. The Hall–Kier alpha value is -1.65. The summed E-state index contributed by atoms with van der Waals surface area (Å²) in [6.45, 7) is 7.62. The van der Waals surface area contributed by atoms with Gasteiger partial charge in [0.15, 0.2) is 0 Å². The van der Waals surface area contributed by atoms with Crippen molar-refractivity contribution >= 4 is 11.7 Å². The zero-order valence-corrected chi connectivity index (χ0v) is 11.8. The zero-order chi connectivity index (χ0) is 13.7. The van der Waals surface area contributed by atoms with Gasteiger partial charge < -0.3 is 9.80 Å². The van der Waals surface area contributed by atoms with E-state index in [0.29, 0.717) is 5.69 Å². The normalized spacial score (nSPS) is 15.4. The predicted octanol–water partition coefficient (Wildman–Crippen LogP) is 1.95. The zero-order valence-electron chi connectivity index (χ0n) is 11.8. The molecule has 0 radical (unpaired) electrons. The molecule has 0 atom stereocenters. The molecule has 0 saturated carbocycles. The lowest BCUT2D eigenvalue weighted by atomic mass is 10.1. The summed E-state index contributed by atoms with van der Waals surface area (Å²) in [5, 5.41) is 0. The molecule has 2 heterocycles. The molecule has 0 bridgehead atoms. The number of nitrogens with zero attached hydrogens (tertiary/aromatic N) is 4. The van der Waals surface area contributed by atoms with Crippen LogP contribution in [-0.4, -0.2) is 47.0 Å². The third-order valence-corrected chi connectivity index (χ3v) is 3.60. The number of aromatic nitrogens is 2. The Morgan fingerprint density at radius 3 is 2.53 bits per heavy atom. The van der Waals surface area contributed by atoms with Crippen molar-refractivity contribution in [3.63, 3.8) is 0 Å². The number of likely N-dealkylation sites (tertiary alicyclic amines) is 1. The Morgan fingerprint density at radius 2 is 1.89 bits per heavy atom. The van der Waals surface area contributed by atoms with Crippen LogP contribution in [-0.2, 0) is 0 Å². The molecule has 0 aromatic carbocycles. The molecular formula is C14H22N4O. The number of amides is 1. The standard InChI is InChI=1S/C14H22N4O/c1-3-17(4-2)13-10-12(15-11-16-13)14(19)18-8-6-5-7-9-18/h10-11H,3-9H2,1-2H3. The van der Waals surface area contributed by atoms with Gasteiger partial charge in [0.2, 0.25) is 0 Å². The summed E-state index contributed by atoms with van der Waals surface area (Å²) in [5.74, 6) is 0.871. The largest absolute Gasteiger partial charge is 0.357 e. The summed E-state index contributed by atoms with van der Waals surface area (Å²) in [6.07, 6.45) is 4.91. The highest BCUT2D eigenvalue weighted by Crippen LogP contribution is 2.15. The van der Waals surface area contributed by atoms with Gasteiger partial charge in [-0.15, -0.1) is 0 Å². The fourth-order valence-electron chi connectivity index (χ4n) is 2.44. The maximum atomic E-state index is 12.4. The number of carbonyl (C=O) groups is 1. The Morgan fingerprint density at radius 1 is 1.21 bits per heavy atom. The first kappa shape index (κ1) is 13.8. The highest BCUT2D eigenvalue weighted by molar-refractivity contribution is 5.93. The van der Waals surface area contributed by atoms with E-state index in [2.05, 4.69) is 28.7 Å². The Balaban J connectivity index is 2.15. The summed E-state index contributed by atoms with van der Waals surface area (Å²) < 4.78 is 0. The van der Waals surface area contributed by atoms with E-state index in [1.165, 1.54) is 12.7 Å². The smallest absolute Gasteiger partial charge is 0.272 e. The van der Waals surface area contributed by atoms with E-state index >= 15 is 0 Å². The van der Waals surface area contributed by atoms with Crippen molar-refractivity contribution in [2.75, 3.05) is 31.1 Å². The number of hydrogen-bond acceptors (Lipinski definition) is 4. The molecule has 1 amide bonds. The van der Waals surface area contributed by atoms with Gasteiger partial charge in [-0.05, 0) is 33.1 Å². The molecule has 2 rings (SSSR count). The van der Waals surface area contributed by atoms with Gasteiger partial charge in [0, 0.05) is 32.2 Å². The summed E-state index contributed by atoms with van der Waals surface area (Å²) in [4.78, 5) is 24.8. The maximum absolute atomic E-state index is 12.4. The monoisotopic (exact) mass is 262 g/mol. The molecule has 0 spiro atoms. The van der Waals surface area contributed by atoms with Crippen LogP contribution in [0, 0.1) is 0 Å². The van der Waals surface area contributed by atoms with Crippen LogP contribution in [0.4, 0.5) is 5.82 Å². The quantitative estimate of drug-likeness (QED) is 0.832. The predicted molar refractivity (Wildman–Crippen MR) is 75.3 cm³/mol. The fourth-order valence-corrected chi connectivity index (χ4v) is 2.44. The summed E-state index contributed by atoms with van der Waals surface area (Å²) in [7, 11) is 0. The molecule has 1 saturated heterocycles. The van der Waals surface area contributed by atoms with Crippen LogP contribution in [0.25, 0.3) is 0 Å². The van der Waals surface area contributed by atoms with Gasteiger partial charge in [-0.2, -0.15) is 0 Å². The van der Waals surface area contributed by atoms with Crippen molar-refractivity contribution < 1.29 is 4.79 Å². The molecule has 1 aliphatic rings. The average Bonchev–Trinajstić information content (AvgIpc) is 2.49. The summed E-state index contributed by atoms with van der Waals surface area (Å²) in [6, 6.07) is 1.81. The van der Waals surface area contributed by atoms with Crippen LogP contribution in [0.2, 0.25) is 0 Å². The molecule has 5 nitrogen and oxygen atoms in total. The minimum atomic E-state index is 0.0375. The molecular weight excluding hydrogens is 240 g/mol. The molecule has 5 heteroatoms. The Labute approximate surface area is 114 Å². The molecule has 104 valence electrons. The first-order valence-electron chi connectivity index (χ1n) is 7.12. The van der Waals surface area contributed by atoms with Crippen molar-refractivity contribution in [1.82, 2.24) is 14.9 Å². The van der Waals surface area contributed by atoms with E-state index in [1.54, 1.807) is 0 Å². The van der Waals surface area contributed by atoms with Crippen LogP contribution in [0.1, 0.15) is 43.6 Å². The highest BCUT2D eigenvalue weighted by Gasteiger charge is 2.20. The second kappa shape index (κ2) is 6.50. The van der Waals surface area contributed by atoms with Gasteiger partial charge in [0.05, 0.1) is 0 Å². The van der Waals surface area contributed by atoms with Gasteiger partial charge >= 0.3 is 0 Å². The molecule has 1 aromatic heterocycles. The number of hydrogen-bond donors (Lipinski definition) is 0. The maximum Gasteiger partial charge on any atom is 0.272 e. The van der Waals surface area contributed by atoms with E-state index in [9.17, 15) is 4.79 Å². The SMILES string of the molecule is CCN(CC)c1cc(C(=O)N2CCCCC2)ncn1. The van der Waals surface area contributed by atoms with Crippen LogP contribution in [0.5, 0.6) is 0 Å². The van der Waals surface area contributed by atoms with Crippen LogP contribution in [0.15, 0.2) is 12.4 Å². The van der Waals surface area contributed by atoms with E-state index in [0.717, 1.165) is 44.8 Å². The Kier molecular flexibility index (Phi) is 4.71. The van der Waals surface area contributed by atoms with Crippen molar-refractivity contribution in [3.05, 3.63) is 18.1 Å². The number of carbonyl (C=O) groups excluding carboxylic acids is 1. The molecule has 1 aliphatic heterocycles. The lowest BCUT2D eigenvalue weighted by molar-refractivity contribution is 0.0718. The summed E-state index contributed by atoms with van der Waals surface area (Å²) >= 11 is 0. The first-order chi connectivity index (χ1) is 9.26. The molecule has 0 unspecified atom stereocenters. The fraction of sp³-hybridized carbons (Fsp3) is 0.643. The van der Waals surface area contributed by atoms with Gasteiger partial charge in [-0.1, -0.05) is 0 Å². The minimum absolute atomic E-state index is 0.0375. The number of rotatable bonds is 4. The van der Waals surface area contributed by atoms with E-state index in [-0.39, 0.29) is 5.91 Å². The third kappa shape index (κ3) is 3.22. The second-order valence-electron chi connectivity index (χ2n) is 4.79. The van der Waals surface area contributed by atoms with Crippen molar-refractivity contribution in [2.24, 2.45) is 0 Å². The van der Waals surface area contributed by atoms with E-state index in [1.807, 2.05) is 11.0 Å². The van der Waals surface area contributed by atoms with Crippen molar-refractivity contribution in [2.45, 2.75) is 33.1 Å². The van der Waals surface area contributed by atoms with Crippen LogP contribution in [0.3, 0.4) is 0 Å². The average molecular weight is 262 g/mol. The molecule has 1 aromatic rings. The first-order valence-corrected chi connectivity index (χ1v) is 7.12. The van der Waals surface area contributed by atoms with Crippen LogP contribution < -0.4 is 4.90 Å². The topological polar surface area (TPSA) is 49.3 Å². The van der Waals surface area contributed by atoms with Crippen molar-refractivity contribution in [1.29, 1.82) is 0 Å². The van der Waals surface area contributed by atoms with E-state index in [4.69, 9.17) is 0 Å². The van der Waals surface area contributed by atoms with Gasteiger partial charge in [-0.25, -0.2) is 9.97 Å². The minimum Gasteiger partial charge on any atom is -0.357 e. The molecule has 19 heavy (non-hydrogen) atoms. The highest BCUT2D eigenvalue weighted by atomic mass is 16.2. The molecule has 1 fully saturated rings. The van der Waals surface area contributed by atoms with Gasteiger partial charge in [0.25, 0.3) is 5.91 Å². The molecule has 0 aliphatic carbocycles. The van der Waals surface area contributed by atoms with Gasteiger partial charge in [0.1, 0.15) is 17.8 Å². The van der Waals surface area contributed by atoms with Crippen molar-refractivity contribution in [3.8, 4) is 0 Å². The van der Waals surface area contributed by atoms with Gasteiger partial charge in [-0.3, -0.25) is 4.79 Å². The third-order valence-electron chi connectivity index (χ3n) is 3.60. The lowest BCUT2D eigenvalue weighted by Gasteiger charge is -2.26. The Bertz CT molecular complexity index is 425. The van der Waals surface area contributed by atoms with E-state index < -0.39 is 0 Å². The number of anilines is 1.